The molecule has 4 heteroatoms. The molecule has 0 bridgehead atoms. The maximum atomic E-state index is 5.39. The van der Waals surface area contributed by atoms with Crippen LogP contribution in [0.15, 0.2) is 23.0 Å². The number of rotatable bonds is 5. The third-order valence-electron chi connectivity index (χ3n) is 0.537. The van der Waals surface area contributed by atoms with Crippen LogP contribution in [-0.2, 0) is 0 Å². The number of allylic oxidation sites excluding steroid dienone is 2. The standard InChI is InChI=1S/C6H8Cl2S2/c7-3-1-5-9-10-6-2-4-8/h1-2,5-6H,3-4H2. The molecular weight excluding hydrogens is 207 g/mol. The van der Waals surface area contributed by atoms with Crippen molar-refractivity contribution >= 4 is 44.8 Å². The first-order chi connectivity index (χ1) is 4.91. The van der Waals surface area contributed by atoms with E-state index in [4.69, 9.17) is 23.2 Å². The summed E-state index contributed by atoms with van der Waals surface area (Å²) < 4.78 is 0. The zero-order chi connectivity index (χ0) is 7.66. The van der Waals surface area contributed by atoms with Crippen LogP contribution in [0.2, 0.25) is 0 Å². The van der Waals surface area contributed by atoms with E-state index in [2.05, 4.69) is 0 Å². The molecule has 0 saturated carbocycles. The van der Waals surface area contributed by atoms with Crippen molar-refractivity contribution in [1.82, 2.24) is 0 Å². The summed E-state index contributed by atoms with van der Waals surface area (Å²) >= 11 is 10.8. The van der Waals surface area contributed by atoms with Crippen molar-refractivity contribution in [1.29, 1.82) is 0 Å². The molecule has 0 aromatic carbocycles. The molecule has 0 radical (unpaired) electrons. The molecule has 0 aromatic heterocycles. The Kier molecular flexibility index (Phi) is 10.5. The van der Waals surface area contributed by atoms with E-state index in [9.17, 15) is 0 Å². The van der Waals surface area contributed by atoms with Crippen molar-refractivity contribution < 1.29 is 0 Å². The molecule has 0 aliphatic heterocycles. The lowest BCUT2D eigenvalue weighted by atomic mass is 10.8. The van der Waals surface area contributed by atoms with Gasteiger partial charge in [0.05, 0.1) is 0 Å². The number of halogens is 2. The molecule has 0 aliphatic rings. The summed E-state index contributed by atoms with van der Waals surface area (Å²) in [7, 11) is 3.25. The molecule has 58 valence electrons. The van der Waals surface area contributed by atoms with E-state index < -0.39 is 0 Å². The fourth-order valence-electron chi connectivity index (χ4n) is 0.215. The average Bonchev–Trinajstić information content (AvgIpc) is 1.97. The van der Waals surface area contributed by atoms with Crippen molar-refractivity contribution in [3.63, 3.8) is 0 Å². The second kappa shape index (κ2) is 9.76. The van der Waals surface area contributed by atoms with Crippen molar-refractivity contribution in [3.05, 3.63) is 23.0 Å². The van der Waals surface area contributed by atoms with Crippen LogP contribution in [0.25, 0.3) is 0 Å². The highest BCUT2D eigenvalue weighted by molar-refractivity contribution is 8.78. The van der Waals surface area contributed by atoms with E-state index in [1.165, 1.54) is 0 Å². The summed E-state index contributed by atoms with van der Waals surface area (Å²) in [5, 5.41) is 3.91. The van der Waals surface area contributed by atoms with Gasteiger partial charge in [0.25, 0.3) is 0 Å². The van der Waals surface area contributed by atoms with E-state index in [1.807, 2.05) is 23.0 Å². The number of hydrogen-bond donors (Lipinski definition) is 0. The summed E-state index contributed by atoms with van der Waals surface area (Å²) in [6, 6.07) is 0. The van der Waals surface area contributed by atoms with Gasteiger partial charge in [-0.3, -0.25) is 0 Å². The topological polar surface area (TPSA) is 0 Å². The van der Waals surface area contributed by atoms with E-state index >= 15 is 0 Å². The average molecular weight is 215 g/mol. The molecule has 0 nitrogen and oxygen atoms in total. The van der Waals surface area contributed by atoms with Gasteiger partial charge in [0.1, 0.15) is 0 Å². The minimum atomic E-state index is 0.576. The third-order valence-corrected chi connectivity index (χ3v) is 2.61. The normalized spacial score (nSPS) is 11.8. The lowest BCUT2D eigenvalue weighted by Gasteiger charge is -1.83. The Bertz CT molecular complexity index is 98.3. The fraction of sp³-hybridized carbons (Fsp3) is 0.333. The van der Waals surface area contributed by atoms with Crippen molar-refractivity contribution in [2.24, 2.45) is 0 Å². The van der Waals surface area contributed by atoms with Crippen molar-refractivity contribution in [2.75, 3.05) is 11.8 Å². The molecule has 0 rings (SSSR count). The van der Waals surface area contributed by atoms with Crippen LogP contribution in [0.4, 0.5) is 0 Å². The Morgan fingerprint density at radius 1 is 0.900 bits per heavy atom. The predicted octanol–water partition coefficient (Wildman–Crippen LogP) is 3.87. The second-order valence-corrected chi connectivity index (χ2v) is 3.95. The molecule has 0 aliphatic carbocycles. The van der Waals surface area contributed by atoms with Crippen molar-refractivity contribution in [2.45, 2.75) is 0 Å². The highest BCUT2D eigenvalue weighted by Crippen LogP contribution is 2.23. The van der Waals surface area contributed by atoms with Crippen LogP contribution >= 0.6 is 44.8 Å². The number of hydrogen-bond acceptors (Lipinski definition) is 2. The maximum Gasteiger partial charge on any atom is 0.0412 e. The molecule has 0 atom stereocenters. The van der Waals surface area contributed by atoms with E-state index in [0.717, 1.165) is 0 Å². The minimum Gasteiger partial charge on any atom is -0.122 e. The lowest BCUT2D eigenvalue weighted by Crippen LogP contribution is -1.54. The van der Waals surface area contributed by atoms with Crippen LogP contribution in [0.5, 0.6) is 0 Å². The predicted molar refractivity (Wildman–Crippen MR) is 54.9 cm³/mol. The van der Waals surface area contributed by atoms with Crippen LogP contribution in [0.1, 0.15) is 0 Å². The Balaban J connectivity index is 3.04. The van der Waals surface area contributed by atoms with Gasteiger partial charge in [-0.25, -0.2) is 0 Å². The molecule has 0 saturated heterocycles. The highest BCUT2D eigenvalue weighted by Gasteiger charge is 1.75. The zero-order valence-corrected chi connectivity index (χ0v) is 8.44. The molecule has 0 spiro atoms. The Morgan fingerprint density at radius 2 is 1.30 bits per heavy atom. The van der Waals surface area contributed by atoms with Gasteiger partial charge in [0.2, 0.25) is 0 Å². The molecule has 0 N–H and O–H groups in total. The Hall–Kier alpha value is 0.760. The molecule has 0 fully saturated rings. The van der Waals surface area contributed by atoms with Gasteiger partial charge in [-0.2, -0.15) is 0 Å². The van der Waals surface area contributed by atoms with Crippen molar-refractivity contribution in [3.8, 4) is 0 Å². The first-order valence-electron chi connectivity index (χ1n) is 2.66. The van der Waals surface area contributed by atoms with Gasteiger partial charge in [-0.05, 0) is 10.8 Å². The first-order valence-corrected chi connectivity index (χ1v) is 6.00. The van der Waals surface area contributed by atoms with Gasteiger partial charge in [-0.1, -0.05) is 33.7 Å². The molecule has 10 heavy (non-hydrogen) atoms. The van der Waals surface area contributed by atoms with Crippen LogP contribution in [0, 0.1) is 0 Å². The molecule has 0 aromatic rings. The highest BCUT2D eigenvalue weighted by atomic mass is 35.5. The molecule has 0 unspecified atom stereocenters. The fourth-order valence-corrected chi connectivity index (χ4v) is 1.94. The first kappa shape index (κ1) is 10.8. The van der Waals surface area contributed by atoms with Gasteiger partial charge in [-0.15, -0.1) is 23.2 Å². The summed E-state index contributed by atoms with van der Waals surface area (Å²) in [5.41, 5.74) is 0. The van der Waals surface area contributed by atoms with Crippen LogP contribution in [0.3, 0.4) is 0 Å². The van der Waals surface area contributed by atoms with Gasteiger partial charge >= 0.3 is 0 Å². The zero-order valence-electron chi connectivity index (χ0n) is 5.30. The van der Waals surface area contributed by atoms with E-state index in [-0.39, 0.29) is 0 Å². The van der Waals surface area contributed by atoms with Crippen LogP contribution in [-0.4, -0.2) is 11.8 Å². The Labute approximate surface area is 79.4 Å². The third kappa shape index (κ3) is 8.76. The maximum absolute atomic E-state index is 5.39. The van der Waals surface area contributed by atoms with Gasteiger partial charge in [0.15, 0.2) is 0 Å². The van der Waals surface area contributed by atoms with Crippen LogP contribution < -0.4 is 0 Å². The summed E-state index contributed by atoms with van der Waals surface area (Å²) in [5.74, 6) is 1.15. The largest absolute Gasteiger partial charge is 0.122 e. The van der Waals surface area contributed by atoms with Gasteiger partial charge < -0.3 is 0 Å². The van der Waals surface area contributed by atoms with E-state index in [0.29, 0.717) is 11.8 Å². The smallest absolute Gasteiger partial charge is 0.0412 e. The molecule has 0 heterocycles. The minimum absolute atomic E-state index is 0.576. The summed E-state index contributed by atoms with van der Waals surface area (Å²) in [6.07, 6.45) is 3.79. The lowest BCUT2D eigenvalue weighted by molar-refractivity contribution is 1.79. The second-order valence-electron chi connectivity index (χ2n) is 1.24. The van der Waals surface area contributed by atoms with Gasteiger partial charge in [0, 0.05) is 11.8 Å². The quantitative estimate of drug-likeness (QED) is 0.388. The SMILES string of the molecule is ClCC=CSSC=CCCl. The monoisotopic (exact) mass is 214 g/mol. The van der Waals surface area contributed by atoms with E-state index in [1.54, 1.807) is 21.6 Å². The Morgan fingerprint density at radius 3 is 1.60 bits per heavy atom. The summed E-state index contributed by atoms with van der Waals surface area (Å²) in [6.45, 7) is 0. The molecule has 0 amide bonds. The summed E-state index contributed by atoms with van der Waals surface area (Å²) in [4.78, 5) is 0. The molecular formula is C6H8Cl2S2. The number of alkyl halides is 2.